The lowest BCUT2D eigenvalue weighted by molar-refractivity contribution is 0.415. The van der Waals surface area contributed by atoms with E-state index < -0.39 is 0 Å². The molecule has 0 aliphatic rings. The molecule has 0 fully saturated rings. The summed E-state index contributed by atoms with van der Waals surface area (Å²) in [5.41, 5.74) is 8.44. The van der Waals surface area contributed by atoms with Crippen molar-refractivity contribution >= 4 is 39.1 Å². The Hall–Kier alpha value is -2.08. The van der Waals surface area contributed by atoms with Gasteiger partial charge in [0.15, 0.2) is 0 Å². The van der Waals surface area contributed by atoms with Gasteiger partial charge >= 0.3 is 0 Å². The Kier molecular flexibility index (Phi) is 8.35. The van der Waals surface area contributed by atoms with Crippen molar-refractivity contribution in [2.75, 3.05) is 38.6 Å². The lowest BCUT2D eigenvalue weighted by Crippen LogP contribution is -2.19. The van der Waals surface area contributed by atoms with Crippen molar-refractivity contribution < 1.29 is 4.74 Å². The van der Waals surface area contributed by atoms with Gasteiger partial charge in [0.25, 0.3) is 0 Å². The maximum absolute atomic E-state index is 6.19. The van der Waals surface area contributed by atoms with Crippen LogP contribution in [0.25, 0.3) is 21.8 Å². The topological polar surface area (TPSA) is 72.2 Å². The highest BCUT2D eigenvalue weighted by atomic mass is 35.5. The number of aromatic nitrogens is 1. The highest BCUT2D eigenvalue weighted by Crippen LogP contribution is 2.34. The predicted octanol–water partition coefficient (Wildman–Crippen LogP) is 4.96. The van der Waals surface area contributed by atoms with E-state index in [1.807, 2.05) is 36.4 Å². The summed E-state index contributed by atoms with van der Waals surface area (Å²) >= 11 is 6.19. The number of halogens is 1. The van der Waals surface area contributed by atoms with Crippen molar-refractivity contribution in [3.8, 4) is 5.75 Å². The molecular formula is C23H31ClN4O. The highest BCUT2D eigenvalue weighted by molar-refractivity contribution is 6.31. The van der Waals surface area contributed by atoms with E-state index in [9.17, 15) is 0 Å². The molecule has 0 saturated carbocycles. The second kappa shape index (κ2) is 11.2. The van der Waals surface area contributed by atoms with Gasteiger partial charge in [-0.3, -0.25) is 0 Å². The van der Waals surface area contributed by atoms with Crippen LogP contribution in [0.3, 0.4) is 0 Å². The van der Waals surface area contributed by atoms with E-state index in [-0.39, 0.29) is 0 Å². The van der Waals surface area contributed by atoms with E-state index in [0.29, 0.717) is 5.02 Å². The summed E-state index contributed by atoms with van der Waals surface area (Å²) in [5.74, 6) is 0.831. The fourth-order valence-electron chi connectivity index (χ4n) is 3.51. The first kappa shape index (κ1) is 21.6. The molecule has 0 saturated heterocycles. The van der Waals surface area contributed by atoms with Gasteiger partial charge in [0.2, 0.25) is 0 Å². The summed E-state index contributed by atoms with van der Waals surface area (Å²) in [6.45, 7) is 3.78. The van der Waals surface area contributed by atoms with Crippen LogP contribution in [-0.2, 0) is 0 Å². The fourth-order valence-corrected chi connectivity index (χ4v) is 3.67. The number of nitrogens with zero attached hydrogens (tertiary/aromatic N) is 1. The minimum Gasteiger partial charge on any atom is -0.497 e. The lowest BCUT2D eigenvalue weighted by Gasteiger charge is -2.14. The van der Waals surface area contributed by atoms with E-state index in [1.165, 1.54) is 19.3 Å². The van der Waals surface area contributed by atoms with Crippen LogP contribution in [-0.4, -0.2) is 38.3 Å². The van der Waals surface area contributed by atoms with Gasteiger partial charge in [0, 0.05) is 22.3 Å². The van der Waals surface area contributed by atoms with Gasteiger partial charge in [-0.1, -0.05) is 24.4 Å². The second-order valence-electron chi connectivity index (χ2n) is 7.26. The minimum atomic E-state index is 0.698. The first-order valence-corrected chi connectivity index (χ1v) is 10.8. The number of benzene rings is 2. The van der Waals surface area contributed by atoms with Crippen LogP contribution in [0.15, 0.2) is 36.4 Å². The van der Waals surface area contributed by atoms with E-state index in [0.717, 1.165) is 72.3 Å². The molecule has 1 aromatic heterocycles. The summed E-state index contributed by atoms with van der Waals surface area (Å²) in [5, 5.41) is 9.94. The Balaban J connectivity index is 1.64. The quantitative estimate of drug-likeness (QED) is 0.288. The molecule has 0 bridgehead atoms. The third-order valence-corrected chi connectivity index (χ3v) is 5.32. The van der Waals surface area contributed by atoms with Gasteiger partial charge in [-0.25, -0.2) is 4.98 Å². The standard InChI is InChI=1S/C23H31ClN4O/c1-29-18-8-10-21-20(16-18)23(19-9-7-17(24)15-22(19)28-21)27-14-5-3-2-4-12-26-13-6-11-25/h7-10,15-16,26H,2-6,11-14,25H2,1H3,(H,27,28). The molecule has 6 heteroatoms. The molecule has 0 aliphatic carbocycles. The van der Waals surface area contributed by atoms with Crippen molar-refractivity contribution in [3.05, 3.63) is 41.4 Å². The molecule has 2 aromatic carbocycles. The molecule has 0 aliphatic heterocycles. The van der Waals surface area contributed by atoms with E-state index >= 15 is 0 Å². The van der Waals surface area contributed by atoms with Crippen molar-refractivity contribution in [3.63, 3.8) is 0 Å². The van der Waals surface area contributed by atoms with Crippen molar-refractivity contribution in [2.24, 2.45) is 5.73 Å². The first-order chi connectivity index (χ1) is 14.2. The molecule has 0 spiro atoms. The molecule has 5 nitrogen and oxygen atoms in total. The third kappa shape index (κ3) is 5.95. The molecular weight excluding hydrogens is 384 g/mol. The maximum Gasteiger partial charge on any atom is 0.119 e. The SMILES string of the molecule is COc1ccc2nc3cc(Cl)ccc3c(NCCCCCCNCCCN)c2c1. The monoisotopic (exact) mass is 414 g/mol. The summed E-state index contributed by atoms with van der Waals surface area (Å²) < 4.78 is 5.42. The maximum atomic E-state index is 6.19. The number of ether oxygens (including phenoxy) is 1. The number of fused-ring (bicyclic) bond motifs is 2. The van der Waals surface area contributed by atoms with Gasteiger partial charge in [0.1, 0.15) is 5.75 Å². The van der Waals surface area contributed by atoms with Gasteiger partial charge in [-0.15, -0.1) is 0 Å². The number of hydrogen-bond donors (Lipinski definition) is 3. The average Bonchev–Trinajstić information content (AvgIpc) is 2.73. The van der Waals surface area contributed by atoms with Crippen LogP contribution in [0, 0.1) is 0 Å². The van der Waals surface area contributed by atoms with E-state index in [2.05, 4.69) is 10.6 Å². The van der Waals surface area contributed by atoms with Gasteiger partial charge in [-0.2, -0.15) is 0 Å². The van der Waals surface area contributed by atoms with Crippen molar-refractivity contribution in [1.29, 1.82) is 0 Å². The highest BCUT2D eigenvalue weighted by Gasteiger charge is 2.10. The number of anilines is 1. The van der Waals surface area contributed by atoms with Gasteiger partial charge < -0.3 is 21.1 Å². The smallest absolute Gasteiger partial charge is 0.119 e. The Labute approximate surface area is 178 Å². The van der Waals surface area contributed by atoms with Crippen molar-refractivity contribution in [1.82, 2.24) is 10.3 Å². The third-order valence-electron chi connectivity index (χ3n) is 5.08. The number of pyridine rings is 1. The summed E-state index contributed by atoms with van der Waals surface area (Å²) in [7, 11) is 1.69. The summed E-state index contributed by atoms with van der Waals surface area (Å²) in [6.07, 6.45) is 5.83. The Morgan fingerprint density at radius 3 is 2.48 bits per heavy atom. The van der Waals surface area contributed by atoms with Gasteiger partial charge in [0.05, 0.1) is 23.8 Å². The Bertz CT molecular complexity index is 932. The second-order valence-corrected chi connectivity index (χ2v) is 7.70. The predicted molar refractivity (Wildman–Crippen MR) is 124 cm³/mol. The number of unbranched alkanes of at least 4 members (excludes halogenated alkanes) is 3. The van der Waals surface area contributed by atoms with Gasteiger partial charge in [-0.05, 0) is 75.3 Å². The van der Waals surface area contributed by atoms with Crippen LogP contribution in [0.1, 0.15) is 32.1 Å². The number of methoxy groups -OCH3 is 1. The first-order valence-electron chi connectivity index (χ1n) is 10.4. The molecule has 0 unspecified atom stereocenters. The summed E-state index contributed by atoms with van der Waals surface area (Å²) in [6, 6.07) is 11.9. The Morgan fingerprint density at radius 2 is 1.69 bits per heavy atom. The zero-order chi connectivity index (χ0) is 20.5. The van der Waals surface area contributed by atoms with E-state index in [4.69, 9.17) is 27.1 Å². The molecule has 4 N–H and O–H groups in total. The number of hydrogen-bond acceptors (Lipinski definition) is 5. The number of nitrogens with two attached hydrogens (primary N) is 1. The summed E-state index contributed by atoms with van der Waals surface area (Å²) in [4.78, 5) is 4.78. The largest absolute Gasteiger partial charge is 0.497 e. The Morgan fingerprint density at radius 1 is 0.897 bits per heavy atom. The average molecular weight is 415 g/mol. The van der Waals surface area contributed by atoms with Crippen molar-refractivity contribution in [2.45, 2.75) is 32.1 Å². The molecule has 1 heterocycles. The van der Waals surface area contributed by atoms with Crippen LogP contribution in [0.5, 0.6) is 5.75 Å². The molecule has 0 amide bonds. The molecule has 156 valence electrons. The zero-order valence-corrected chi connectivity index (χ0v) is 17.9. The zero-order valence-electron chi connectivity index (χ0n) is 17.1. The molecule has 0 radical (unpaired) electrons. The fraction of sp³-hybridized carbons (Fsp3) is 0.435. The van der Waals surface area contributed by atoms with Crippen LogP contribution in [0.4, 0.5) is 5.69 Å². The number of rotatable bonds is 12. The van der Waals surface area contributed by atoms with Crippen LogP contribution in [0.2, 0.25) is 5.02 Å². The normalized spacial score (nSPS) is 11.3. The van der Waals surface area contributed by atoms with Crippen LogP contribution < -0.4 is 21.1 Å². The lowest BCUT2D eigenvalue weighted by atomic mass is 10.1. The molecule has 3 rings (SSSR count). The minimum absolute atomic E-state index is 0.698. The van der Waals surface area contributed by atoms with Crippen LogP contribution >= 0.6 is 11.6 Å². The number of nitrogens with one attached hydrogen (secondary N) is 2. The molecule has 0 atom stereocenters. The molecule has 3 aromatic rings. The molecule has 29 heavy (non-hydrogen) atoms. The van der Waals surface area contributed by atoms with E-state index in [1.54, 1.807) is 7.11 Å².